The molecule has 0 bridgehead atoms. The monoisotopic (exact) mass is 392 g/mol. The lowest BCUT2D eigenvalue weighted by molar-refractivity contribution is -0.119. The molecule has 0 heterocycles. The number of nitrogens with zero attached hydrogens (tertiary/aromatic N) is 1. The number of carbonyl (C=O) groups excluding carboxylic acids is 2. The smallest absolute Gasteiger partial charge is 0.339 e. The van der Waals surface area contributed by atoms with Crippen molar-refractivity contribution in [3.05, 3.63) is 89.5 Å². The fourth-order valence-electron chi connectivity index (χ4n) is 2.69. The van der Waals surface area contributed by atoms with Gasteiger partial charge >= 0.3 is 5.97 Å². The number of esters is 1. The van der Waals surface area contributed by atoms with Gasteiger partial charge in [-0.15, -0.1) is 0 Å². The summed E-state index contributed by atoms with van der Waals surface area (Å²) in [6.07, 6.45) is 0. The molecule has 0 saturated heterocycles. The molecule has 3 aromatic carbocycles. The van der Waals surface area contributed by atoms with Gasteiger partial charge in [0.05, 0.1) is 17.2 Å². The standard InChI is InChI=1S/C22H14F2N2O3/c23-19-10-9-15(11-20(19)24)26-21(27)13-29-22(28)18-8-4-3-7-17(18)16-6-2-1-5-14(16)12-25/h1-11H,13H2,(H,26,27). The van der Waals surface area contributed by atoms with Crippen LogP contribution in [0.3, 0.4) is 0 Å². The van der Waals surface area contributed by atoms with Gasteiger partial charge < -0.3 is 10.1 Å². The maximum Gasteiger partial charge on any atom is 0.339 e. The lowest BCUT2D eigenvalue weighted by atomic mass is 9.96. The number of anilines is 1. The SMILES string of the molecule is N#Cc1ccccc1-c1ccccc1C(=O)OCC(=O)Nc1ccc(F)c(F)c1. The molecule has 0 aliphatic carbocycles. The maximum atomic E-state index is 13.2. The fraction of sp³-hybridized carbons (Fsp3) is 0.0455. The molecular formula is C22H14F2N2O3. The van der Waals surface area contributed by atoms with Gasteiger partial charge in [0.15, 0.2) is 18.2 Å². The van der Waals surface area contributed by atoms with Crippen molar-refractivity contribution in [2.24, 2.45) is 0 Å². The number of benzene rings is 3. The average Bonchev–Trinajstić information content (AvgIpc) is 2.74. The molecular weight excluding hydrogens is 378 g/mol. The van der Waals surface area contributed by atoms with E-state index in [2.05, 4.69) is 11.4 Å². The van der Waals surface area contributed by atoms with Crippen LogP contribution in [-0.4, -0.2) is 18.5 Å². The molecule has 0 fully saturated rings. The van der Waals surface area contributed by atoms with Crippen molar-refractivity contribution in [3.8, 4) is 17.2 Å². The van der Waals surface area contributed by atoms with Gasteiger partial charge in [0.2, 0.25) is 0 Å². The second-order valence-corrected chi connectivity index (χ2v) is 5.96. The van der Waals surface area contributed by atoms with Gasteiger partial charge in [-0.3, -0.25) is 4.79 Å². The van der Waals surface area contributed by atoms with Crippen LogP contribution in [0.4, 0.5) is 14.5 Å². The summed E-state index contributed by atoms with van der Waals surface area (Å²) >= 11 is 0. The zero-order valence-electron chi connectivity index (χ0n) is 15.0. The number of nitrogens with one attached hydrogen (secondary N) is 1. The highest BCUT2D eigenvalue weighted by Gasteiger charge is 2.17. The number of hydrogen-bond acceptors (Lipinski definition) is 4. The molecule has 0 aliphatic rings. The van der Waals surface area contributed by atoms with E-state index in [-0.39, 0.29) is 11.3 Å². The Kier molecular flexibility index (Phi) is 5.95. The zero-order valence-corrected chi connectivity index (χ0v) is 15.0. The third-order valence-electron chi connectivity index (χ3n) is 4.02. The van der Waals surface area contributed by atoms with Crippen LogP contribution in [0, 0.1) is 23.0 Å². The molecule has 0 aliphatic heterocycles. The molecule has 0 saturated carbocycles. The highest BCUT2D eigenvalue weighted by Crippen LogP contribution is 2.27. The van der Waals surface area contributed by atoms with E-state index in [1.807, 2.05) is 0 Å². The summed E-state index contributed by atoms with van der Waals surface area (Å²) in [6.45, 7) is -0.619. The molecule has 144 valence electrons. The van der Waals surface area contributed by atoms with Gasteiger partial charge in [0.25, 0.3) is 5.91 Å². The maximum absolute atomic E-state index is 13.2. The summed E-state index contributed by atoms with van der Waals surface area (Å²) in [5.74, 6) is -3.61. The van der Waals surface area contributed by atoms with Crippen molar-refractivity contribution in [3.63, 3.8) is 0 Å². The Morgan fingerprint density at radius 3 is 2.34 bits per heavy atom. The summed E-state index contributed by atoms with van der Waals surface area (Å²) in [7, 11) is 0. The molecule has 0 unspecified atom stereocenters. The first-order valence-electron chi connectivity index (χ1n) is 8.50. The van der Waals surface area contributed by atoms with Crippen LogP contribution < -0.4 is 5.32 Å². The molecule has 7 heteroatoms. The van der Waals surface area contributed by atoms with E-state index in [4.69, 9.17) is 4.74 Å². The Labute approximate surface area is 165 Å². The van der Waals surface area contributed by atoms with E-state index < -0.39 is 30.1 Å². The summed E-state index contributed by atoms with van der Waals surface area (Å²) in [5.41, 5.74) is 1.68. The summed E-state index contributed by atoms with van der Waals surface area (Å²) in [5, 5.41) is 11.6. The first kappa shape index (κ1) is 19.7. The number of amides is 1. The molecule has 3 aromatic rings. The Balaban J connectivity index is 1.72. The number of rotatable bonds is 5. The molecule has 1 amide bonds. The third kappa shape index (κ3) is 4.62. The Morgan fingerprint density at radius 2 is 1.62 bits per heavy atom. The van der Waals surface area contributed by atoms with Crippen LogP contribution in [0.25, 0.3) is 11.1 Å². The normalized spacial score (nSPS) is 10.1. The van der Waals surface area contributed by atoms with E-state index in [1.165, 1.54) is 12.1 Å². The van der Waals surface area contributed by atoms with Crippen LogP contribution in [0.15, 0.2) is 66.7 Å². The predicted molar refractivity (Wildman–Crippen MR) is 102 cm³/mol. The van der Waals surface area contributed by atoms with E-state index in [9.17, 15) is 23.6 Å². The quantitative estimate of drug-likeness (QED) is 0.657. The van der Waals surface area contributed by atoms with Crippen molar-refractivity contribution in [1.82, 2.24) is 0 Å². The zero-order chi connectivity index (χ0) is 20.8. The average molecular weight is 392 g/mol. The van der Waals surface area contributed by atoms with Crippen molar-refractivity contribution in [2.45, 2.75) is 0 Å². The molecule has 0 aromatic heterocycles. The van der Waals surface area contributed by atoms with Crippen LogP contribution in [0.5, 0.6) is 0 Å². The van der Waals surface area contributed by atoms with Gasteiger partial charge in [-0.25, -0.2) is 13.6 Å². The van der Waals surface area contributed by atoms with Gasteiger partial charge in [-0.2, -0.15) is 5.26 Å². The third-order valence-corrected chi connectivity index (χ3v) is 4.02. The summed E-state index contributed by atoms with van der Waals surface area (Å²) in [4.78, 5) is 24.5. The first-order chi connectivity index (χ1) is 14.0. The molecule has 3 rings (SSSR count). The highest BCUT2D eigenvalue weighted by atomic mass is 19.2. The van der Waals surface area contributed by atoms with E-state index in [0.29, 0.717) is 16.7 Å². The van der Waals surface area contributed by atoms with Gasteiger partial charge in [-0.05, 0) is 29.8 Å². The number of hydrogen-bond donors (Lipinski definition) is 1. The van der Waals surface area contributed by atoms with Gasteiger partial charge in [-0.1, -0.05) is 36.4 Å². The predicted octanol–water partition coefficient (Wildman–Crippen LogP) is 4.30. The van der Waals surface area contributed by atoms with E-state index >= 15 is 0 Å². The lowest BCUT2D eigenvalue weighted by Crippen LogP contribution is -2.21. The lowest BCUT2D eigenvalue weighted by Gasteiger charge is -2.11. The Morgan fingerprint density at radius 1 is 0.931 bits per heavy atom. The minimum absolute atomic E-state index is 0.0355. The number of halogens is 2. The van der Waals surface area contributed by atoms with Crippen molar-refractivity contribution in [2.75, 3.05) is 11.9 Å². The van der Waals surface area contributed by atoms with E-state index in [0.717, 1.165) is 12.1 Å². The fourth-order valence-corrected chi connectivity index (χ4v) is 2.69. The van der Waals surface area contributed by atoms with Crippen molar-refractivity contribution >= 4 is 17.6 Å². The Bertz CT molecular complexity index is 1120. The second-order valence-electron chi connectivity index (χ2n) is 5.96. The molecule has 0 spiro atoms. The number of carbonyl (C=O) groups is 2. The topological polar surface area (TPSA) is 79.2 Å². The van der Waals surface area contributed by atoms with Gasteiger partial charge in [0, 0.05) is 17.3 Å². The molecule has 5 nitrogen and oxygen atoms in total. The molecule has 1 N–H and O–H groups in total. The summed E-state index contributed by atoms with van der Waals surface area (Å²) < 4.78 is 31.2. The van der Waals surface area contributed by atoms with Crippen LogP contribution in [-0.2, 0) is 9.53 Å². The van der Waals surface area contributed by atoms with Crippen molar-refractivity contribution < 1.29 is 23.1 Å². The number of nitriles is 1. The molecule has 0 atom stereocenters. The minimum Gasteiger partial charge on any atom is -0.452 e. The highest BCUT2D eigenvalue weighted by molar-refractivity contribution is 6.00. The molecule has 0 radical (unpaired) electrons. The second kappa shape index (κ2) is 8.76. The van der Waals surface area contributed by atoms with Crippen LogP contribution in [0.2, 0.25) is 0 Å². The van der Waals surface area contributed by atoms with Crippen LogP contribution >= 0.6 is 0 Å². The number of ether oxygens (including phenoxy) is 1. The minimum atomic E-state index is -1.11. The first-order valence-corrected chi connectivity index (χ1v) is 8.50. The van der Waals surface area contributed by atoms with Crippen molar-refractivity contribution in [1.29, 1.82) is 5.26 Å². The van der Waals surface area contributed by atoms with Gasteiger partial charge in [0.1, 0.15) is 0 Å². The van der Waals surface area contributed by atoms with E-state index in [1.54, 1.807) is 42.5 Å². The van der Waals surface area contributed by atoms with Crippen LogP contribution in [0.1, 0.15) is 15.9 Å². The Hall–Kier alpha value is -4.05. The molecule has 29 heavy (non-hydrogen) atoms. The summed E-state index contributed by atoms with van der Waals surface area (Å²) in [6, 6.07) is 18.3. The largest absolute Gasteiger partial charge is 0.452 e.